The molecule has 1 saturated heterocycles. The van der Waals surface area contributed by atoms with Gasteiger partial charge in [-0.3, -0.25) is 4.79 Å². The van der Waals surface area contributed by atoms with E-state index < -0.39 is 0 Å². The number of guanidine groups is 1. The van der Waals surface area contributed by atoms with Gasteiger partial charge in [0.05, 0.1) is 25.5 Å². The third-order valence-electron chi connectivity index (χ3n) is 4.48. The van der Waals surface area contributed by atoms with Crippen molar-refractivity contribution in [2.75, 3.05) is 19.7 Å². The van der Waals surface area contributed by atoms with E-state index in [-0.39, 0.29) is 36.0 Å². The van der Waals surface area contributed by atoms with Gasteiger partial charge in [-0.2, -0.15) is 0 Å². The smallest absolute Gasteiger partial charge is 0.251 e. The molecule has 2 heterocycles. The van der Waals surface area contributed by atoms with Gasteiger partial charge in [0.15, 0.2) is 5.96 Å². The molecule has 1 unspecified atom stereocenters. The zero-order chi connectivity index (χ0) is 19.6. The monoisotopic (exact) mass is 512 g/mol. The van der Waals surface area contributed by atoms with Crippen molar-refractivity contribution in [3.05, 3.63) is 59.5 Å². The number of halogens is 1. The molecule has 1 aliphatic rings. The Morgan fingerprint density at radius 1 is 1.21 bits per heavy atom. The van der Waals surface area contributed by atoms with Gasteiger partial charge < -0.3 is 25.1 Å². The van der Waals surface area contributed by atoms with Gasteiger partial charge in [-0.05, 0) is 49.6 Å². The van der Waals surface area contributed by atoms with Crippen LogP contribution in [0.3, 0.4) is 0 Å². The summed E-state index contributed by atoms with van der Waals surface area (Å²) in [5, 5.41) is 9.40. The van der Waals surface area contributed by atoms with Crippen LogP contribution in [0.25, 0.3) is 0 Å². The largest absolute Gasteiger partial charge is 0.467 e. The molecular formula is C21H29IN4O3. The Morgan fingerprint density at radius 2 is 2.10 bits per heavy atom. The third kappa shape index (κ3) is 7.69. The van der Waals surface area contributed by atoms with E-state index in [2.05, 4.69) is 20.9 Å². The molecule has 3 N–H and O–H groups in total. The fourth-order valence-electron chi connectivity index (χ4n) is 3.02. The van der Waals surface area contributed by atoms with Crippen molar-refractivity contribution in [2.45, 2.75) is 39.0 Å². The van der Waals surface area contributed by atoms with Crippen LogP contribution in [0.2, 0.25) is 0 Å². The predicted molar refractivity (Wildman–Crippen MR) is 124 cm³/mol. The van der Waals surface area contributed by atoms with Gasteiger partial charge in [-0.25, -0.2) is 4.99 Å². The summed E-state index contributed by atoms with van der Waals surface area (Å²) < 4.78 is 10.9. The van der Waals surface area contributed by atoms with E-state index in [1.54, 1.807) is 6.26 Å². The number of carbonyl (C=O) groups excluding carboxylic acids is 1. The summed E-state index contributed by atoms with van der Waals surface area (Å²) in [7, 11) is 0. The maximum Gasteiger partial charge on any atom is 0.251 e. The number of aliphatic imine (C=N–C) groups is 1. The number of carbonyl (C=O) groups is 1. The van der Waals surface area contributed by atoms with Crippen LogP contribution in [0.15, 0.2) is 52.1 Å². The van der Waals surface area contributed by atoms with Crippen LogP contribution >= 0.6 is 24.0 Å². The van der Waals surface area contributed by atoms with Crippen LogP contribution in [0.1, 0.15) is 41.4 Å². The standard InChI is InChI=1S/C21H28N4O3.HI/c1-2-22-21(25-15-19-9-5-11-28-19)24-13-16-6-3-7-17(12-16)20(26)23-14-18-8-4-10-27-18;/h3,5-7,9,11-12,18H,2,4,8,10,13-15H2,1H3,(H,23,26)(H2,22,24,25);1H. The first kappa shape index (κ1) is 23.2. The first-order chi connectivity index (χ1) is 13.7. The maximum atomic E-state index is 12.4. The molecule has 0 spiro atoms. The topological polar surface area (TPSA) is 87.9 Å². The average Bonchev–Trinajstić information content (AvgIpc) is 3.42. The highest BCUT2D eigenvalue weighted by Gasteiger charge is 2.16. The summed E-state index contributed by atoms with van der Waals surface area (Å²) in [4.78, 5) is 17.0. The Balaban J connectivity index is 0.00000300. The Kier molecular flexibility index (Phi) is 9.99. The molecule has 1 aromatic carbocycles. The van der Waals surface area contributed by atoms with E-state index >= 15 is 0 Å². The molecule has 1 amide bonds. The van der Waals surface area contributed by atoms with Gasteiger partial charge in [0.1, 0.15) is 5.76 Å². The molecule has 0 radical (unpaired) electrons. The number of furan rings is 1. The molecule has 1 fully saturated rings. The van der Waals surface area contributed by atoms with Crippen molar-refractivity contribution in [3.8, 4) is 0 Å². The third-order valence-corrected chi connectivity index (χ3v) is 4.48. The lowest BCUT2D eigenvalue weighted by Crippen LogP contribution is -2.36. The molecule has 0 saturated carbocycles. The molecule has 3 rings (SSSR count). The number of nitrogens with zero attached hydrogens (tertiary/aromatic N) is 1. The highest BCUT2D eigenvalue weighted by molar-refractivity contribution is 14.0. The van der Waals surface area contributed by atoms with Crippen LogP contribution in [0.4, 0.5) is 0 Å². The number of hydrogen-bond donors (Lipinski definition) is 3. The van der Waals surface area contributed by atoms with Crippen molar-refractivity contribution in [1.29, 1.82) is 0 Å². The molecule has 1 aliphatic heterocycles. The van der Waals surface area contributed by atoms with Crippen LogP contribution in [0, 0.1) is 0 Å². The molecule has 2 aromatic rings. The van der Waals surface area contributed by atoms with E-state index in [0.29, 0.717) is 31.2 Å². The lowest BCUT2D eigenvalue weighted by molar-refractivity contribution is 0.0857. The van der Waals surface area contributed by atoms with Gasteiger partial charge in [0.25, 0.3) is 5.91 Å². The van der Waals surface area contributed by atoms with Crippen molar-refractivity contribution in [2.24, 2.45) is 4.99 Å². The lowest BCUT2D eigenvalue weighted by atomic mass is 10.1. The van der Waals surface area contributed by atoms with E-state index in [4.69, 9.17) is 9.15 Å². The first-order valence-electron chi connectivity index (χ1n) is 9.78. The van der Waals surface area contributed by atoms with Gasteiger partial charge in [-0.1, -0.05) is 12.1 Å². The van der Waals surface area contributed by atoms with Crippen molar-refractivity contribution < 1.29 is 13.9 Å². The number of ether oxygens (including phenoxy) is 1. The van der Waals surface area contributed by atoms with Crippen molar-refractivity contribution in [3.63, 3.8) is 0 Å². The molecule has 1 atom stereocenters. The SMILES string of the molecule is CCNC(=NCc1cccc(C(=O)NCC2CCCO2)c1)NCc1ccco1.I. The van der Waals surface area contributed by atoms with Gasteiger partial charge >= 0.3 is 0 Å². The summed E-state index contributed by atoms with van der Waals surface area (Å²) in [6, 6.07) is 11.3. The molecular weight excluding hydrogens is 483 g/mol. The Hall–Kier alpha value is -2.07. The minimum atomic E-state index is -0.0795. The number of nitrogens with one attached hydrogen (secondary N) is 3. The molecule has 1 aromatic heterocycles. The Labute approximate surface area is 188 Å². The fourth-order valence-corrected chi connectivity index (χ4v) is 3.02. The second-order valence-corrected chi connectivity index (χ2v) is 6.67. The maximum absolute atomic E-state index is 12.4. The van der Waals surface area contributed by atoms with Crippen molar-refractivity contribution >= 4 is 35.8 Å². The van der Waals surface area contributed by atoms with Gasteiger partial charge in [0.2, 0.25) is 0 Å². The van der Waals surface area contributed by atoms with Crippen LogP contribution in [-0.4, -0.2) is 37.7 Å². The number of benzene rings is 1. The van der Waals surface area contributed by atoms with E-state index in [1.165, 1.54) is 0 Å². The average molecular weight is 512 g/mol. The molecule has 29 heavy (non-hydrogen) atoms. The van der Waals surface area contributed by atoms with E-state index in [1.807, 2.05) is 43.3 Å². The summed E-state index contributed by atoms with van der Waals surface area (Å²) >= 11 is 0. The number of hydrogen-bond acceptors (Lipinski definition) is 4. The summed E-state index contributed by atoms with van der Waals surface area (Å²) in [5.41, 5.74) is 1.61. The van der Waals surface area contributed by atoms with Crippen molar-refractivity contribution in [1.82, 2.24) is 16.0 Å². The van der Waals surface area contributed by atoms with Crippen LogP contribution < -0.4 is 16.0 Å². The summed E-state index contributed by atoms with van der Waals surface area (Å²) in [5.74, 6) is 1.46. The fraction of sp³-hybridized carbons (Fsp3) is 0.429. The molecule has 0 bridgehead atoms. The van der Waals surface area contributed by atoms with Crippen LogP contribution in [-0.2, 0) is 17.8 Å². The highest BCUT2D eigenvalue weighted by Crippen LogP contribution is 2.11. The number of rotatable bonds is 8. The molecule has 7 nitrogen and oxygen atoms in total. The Bertz CT molecular complexity index is 774. The second kappa shape index (κ2) is 12.5. The normalized spacial score (nSPS) is 16.2. The van der Waals surface area contributed by atoms with Gasteiger partial charge in [-0.15, -0.1) is 24.0 Å². The Morgan fingerprint density at radius 3 is 2.83 bits per heavy atom. The molecule has 8 heteroatoms. The predicted octanol–water partition coefficient (Wildman–Crippen LogP) is 3.06. The molecule has 0 aliphatic carbocycles. The number of amides is 1. The summed E-state index contributed by atoms with van der Waals surface area (Å²) in [6.07, 6.45) is 3.86. The minimum Gasteiger partial charge on any atom is -0.467 e. The summed E-state index contributed by atoms with van der Waals surface area (Å²) in [6.45, 7) is 5.15. The minimum absolute atomic E-state index is 0. The zero-order valence-corrected chi connectivity index (χ0v) is 19.0. The van der Waals surface area contributed by atoms with E-state index in [0.717, 1.165) is 37.3 Å². The van der Waals surface area contributed by atoms with Gasteiger partial charge in [0, 0.05) is 25.3 Å². The van der Waals surface area contributed by atoms with Crippen LogP contribution in [0.5, 0.6) is 0 Å². The van der Waals surface area contributed by atoms with E-state index in [9.17, 15) is 4.79 Å². The molecule has 158 valence electrons. The quantitative estimate of drug-likeness (QED) is 0.288. The second-order valence-electron chi connectivity index (χ2n) is 6.67. The zero-order valence-electron chi connectivity index (χ0n) is 16.6. The highest BCUT2D eigenvalue weighted by atomic mass is 127. The lowest BCUT2D eigenvalue weighted by Gasteiger charge is -2.12. The first-order valence-corrected chi connectivity index (χ1v) is 9.78.